The van der Waals surface area contributed by atoms with Crippen LogP contribution < -0.4 is 0 Å². The van der Waals surface area contributed by atoms with Gasteiger partial charge in [0, 0.05) is 4.47 Å². The smallest absolute Gasteiger partial charge is 0.295 e. The molecule has 0 amide bonds. The Hall–Kier alpha value is -1.95. The van der Waals surface area contributed by atoms with Crippen LogP contribution in [-0.2, 0) is 5.41 Å². The van der Waals surface area contributed by atoms with Crippen molar-refractivity contribution in [3.8, 4) is 11.7 Å². The molecule has 1 unspecified atom stereocenters. The molecule has 2 aromatic heterocycles. The van der Waals surface area contributed by atoms with Crippen molar-refractivity contribution in [2.75, 3.05) is 0 Å². The molecule has 0 bridgehead atoms. The van der Waals surface area contributed by atoms with Gasteiger partial charge in [-0.15, -0.1) is 0 Å². The Kier molecular flexibility index (Phi) is 3.87. The first-order valence-electron chi connectivity index (χ1n) is 7.01. The Morgan fingerprint density at radius 3 is 2.50 bits per heavy atom. The fourth-order valence-corrected chi connectivity index (χ4v) is 2.64. The Balaban J connectivity index is 2.06. The van der Waals surface area contributed by atoms with Crippen molar-refractivity contribution in [3.05, 3.63) is 52.7 Å². The molecule has 0 N–H and O–H groups in total. The zero-order valence-corrected chi connectivity index (χ0v) is 14.2. The Morgan fingerprint density at radius 1 is 1.18 bits per heavy atom. The summed E-state index contributed by atoms with van der Waals surface area (Å²) < 4.78 is 11.6. The molecule has 2 heterocycles. The minimum atomic E-state index is -0.359. The third-order valence-corrected chi connectivity index (χ3v) is 4.66. The van der Waals surface area contributed by atoms with Gasteiger partial charge < -0.3 is 8.94 Å². The van der Waals surface area contributed by atoms with E-state index < -0.39 is 0 Å². The zero-order chi connectivity index (χ0) is 15.7. The molecular weight excluding hydrogens is 346 g/mol. The molecule has 3 aromatic rings. The lowest BCUT2D eigenvalue weighted by atomic mass is 9.73. The standard InChI is InChI=1S/C16H16BrN3O2/c1-10(2)16(3,11-4-6-12(17)7-5-11)15-19-14(22-20-15)13-8-18-9-21-13/h4-10H,1-3H3. The fourth-order valence-electron chi connectivity index (χ4n) is 2.37. The number of hydrogen-bond acceptors (Lipinski definition) is 5. The number of nitrogens with zero attached hydrogens (tertiary/aromatic N) is 3. The van der Waals surface area contributed by atoms with Gasteiger partial charge in [0.25, 0.3) is 5.89 Å². The van der Waals surface area contributed by atoms with Crippen LogP contribution in [0.15, 0.2) is 50.3 Å². The second kappa shape index (κ2) is 5.68. The maximum absolute atomic E-state index is 5.35. The van der Waals surface area contributed by atoms with Crippen LogP contribution in [0.2, 0.25) is 0 Å². The lowest BCUT2D eigenvalue weighted by Crippen LogP contribution is -2.31. The van der Waals surface area contributed by atoms with Gasteiger partial charge in [0.05, 0.1) is 11.6 Å². The van der Waals surface area contributed by atoms with Gasteiger partial charge in [-0.25, -0.2) is 4.98 Å². The second-order valence-electron chi connectivity index (χ2n) is 5.65. The minimum Gasteiger partial charge on any atom is -0.438 e. The van der Waals surface area contributed by atoms with Crippen LogP contribution in [0, 0.1) is 5.92 Å². The summed E-state index contributed by atoms with van der Waals surface area (Å²) in [5.74, 6) is 1.74. The van der Waals surface area contributed by atoms with E-state index >= 15 is 0 Å². The quantitative estimate of drug-likeness (QED) is 0.686. The summed E-state index contributed by atoms with van der Waals surface area (Å²) >= 11 is 3.47. The number of benzene rings is 1. The molecule has 5 nitrogen and oxygen atoms in total. The van der Waals surface area contributed by atoms with Gasteiger partial charge in [0.1, 0.15) is 0 Å². The van der Waals surface area contributed by atoms with Crippen LogP contribution >= 0.6 is 15.9 Å². The molecule has 0 fully saturated rings. The van der Waals surface area contributed by atoms with Gasteiger partial charge in [-0.05, 0) is 30.5 Å². The number of halogens is 1. The first-order chi connectivity index (χ1) is 10.5. The highest BCUT2D eigenvalue weighted by atomic mass is 79.9. The van der Waals surface area contributed by atoms with Gasteiger partial charge in [-0.3, -0.25) is 0 Å². The van der Waals surface area contributed by atoms with Crippen LogP contribution in [0.3, 0.4) is 0 Å². The number of rotatable bonds is 4. The molecule has 1 aromatic carbocycles. The van der Waals surface area contributed by atoms with E-state index in [0.717, 1.165) is 10.0 Å². The van der Waals surface area contributed by atoms with Gasteiger partial charge in [-0.1, -0.05) is 47.1 Å². The fraction of sp³-hybridized carbons (Fsp3) is 0.312. The number of hydrogen-bond donors (Lipinski definition) is 0. The predicted octanol–water partition coefficient (Wildman–Crippen LogP) is 4.45. The van der Waals surface area contributed by atoms with Crippen molar-refractivity contribution in [3.63, 3.8) is 0 Å². The monoisotopic (exact) mass is 361 g/mol. The molecule has 6 heteroatoms. The molecule has 0 saturated heterocycles. The third kappa shape index (κ3) is 2.47. The van der Waals surface area contributed by atoms with Crippen LogP contribution in [-0.4, -0.2) is 15.1 Å². The highest BCUT2D eigenvalue weighted by Crippen LogP contribution is 2.38. The Labute approximate surface area is 136 Å². The van der Waals surface area contributed by atoms with Gasteiger partial charge in [-0.2, -0.15) is 4.98 Å². The third-order valence-electron chi connectivity index (χ3n) is 4.13. The Bertz CT molecular complexity index is 750. The lowest BCUT2D eigenvalue weighted by molar-refractivity contribution is 0.348. The molecule has 0 aliphatic carbocycles. The van der Waals surface area contributed by atoms with Gasteiger partial charge in [0.15, 0.2) is 12.2 Å². The predicted molar refractivity (Wildman–Crippen MR) is 85.2 cm³/mol. The topological polar surface area (TPSA) is 65.0 Å². The van der Waals surface area contributed by atoms with E-state index in [-0.39, 0.29) is 11.3 Å². The van der Waals surface area contributed by atoms with E-state index in [1.165, 1.54) is 6.39 Å². The summed E-state index contributed by atoms with van der Waals surface area (Å²) in [6.45, 7) is 6.41. The van der Waals surface area contributed by atoms with Gasteiger partial charge >= 0.3 is 0 Å². The van der Waals surface area contributed by atoms with Crippen LogP contribution in [0.1, 0.15) is 32.2 Å². The summed E-state index contributed by atoms with van der Waals surface area (Å²) in [7, 11) is 0. The van der Waals surface area contributed by atoms with Crippen LogP contribution in [0.25, 0.3) is 11.7 Å². The molecule has 0 aliphatic heterocycles. The van der Waals surface area contributed by atoms with E-state index in [2.05, 4.69) is 64.0 Å². The molecule has 22 heavy (non-hydrogen) atoms. The van der Waals surface area contributed by atoms with Crippen molar-refractivity contribution >= 4 is 15.9 Å². The van der Waals surface area contributed by atoms with E-state index in [4.69, 9.17) is 8.94 Å². The molecule has 0 aliphatic rings. The van der Waals surface area contributed by atoms with Crippen molar-refractivity contribution in [2.24, 2.45) is 5.92 Å². The highest BCUT2D eigenvalue weighted by Gasteiger charge is 2.37. The minimum absolute atomic E-state index is 0.286. The van der Waals surface area contributed by atoms with Crippen LogP contribution in [0.5, 0.6) is 0 Å². The summed E-state index contributed by atoms with van der Waals surface area (Å²) in [5.41, 5.74) is 0.776. The highest BCUT2D eigenvalue weighted by molar-refractivity contribution is 9.10. The maximum atomic E-state index is 5.35. The largest absolute Gasteiger partial charge is 0.438 e. The molecule has 0 radical (unpaired) electrons. The molecule has 3 rings (SSSR count). The summed E-state index contributed by atoms with van der Waals surface area (Å²) in [5, 5.41) is 4.18. The molecule has 0 saturated carbocycles. The molecule has 114 valence electrons. The van der Waals surface area contributed by atoms with E-state index in [1.54, 1.807) is 6.20 Å². The van der Waals surface area contributed by atoms with E-state index in [9.17, 15) is 0 Å². The van der Waals surface area contributed by atoms with Crippen molar-refractivity contribution in [2.45, 2.75) is 26.2 Å². The van der Waals surface area contributed by atoms with E-state index in [0.29, 0.717) is 17.5 Å². The number of oxazole rings is 1. The molecule has 0 spiro atoms. The SMILES string of the molecule is CC(C)C(C)(c1ccc(Br)cc1)c1noc(-c2cnco2)n1. The van der Waals surface area contributed by atoms with Gasteiger partial charge in [0.2, 0.25) is 5.76 Å². The van der Waals surface area contributed by atoms with Crippen molar-refractivity contribution < 1.29 is 8.94 Å². The summed E-state index contributed by atoms with van der Waals surface area (Å²) in [4.78, 5) is 8.39. The number of aromatic nitrogens is 3. The first-order valence-corrected chi connectivity index (χ1v) is 7.80. The average molecular weight is 362 g/mol. The zero-order valence-electron chi connectivity index (χ0n) is 12.6. The lowest BCUT2D eigenvalue weighted by Gasteiger charge is -2.31. The normalized spacial score (nSPS) is 14.2. The molecule has 1 atom stereocenters. The summed E-state index contributed by atoms with van der Waals surface area (Å²) in [6, 6.07) is 8.20. The van der Waals surface area contributed by atoms with Crippen molar-refractivity contribution in [1.29, 1.82) is 0 Å². The van der Waals surface area contributed by atoms with Crippen molar-refractivity contribution in [1.82, 2.24) is 15.1 Å². The second-order valence-corrected chi connectivity index (χ2v) is 6.57. The Morgan fingerprint density at radius 2 is 1.91 bits per heavy atom. The van der Waals surface area contributed by atoms with Crippen LogP contribution in [0.4, 0.5) is 0 Å². The molecular formula is C16H16BrN3O2. The first kappa shape index (κ1) is 15.0. The average Bonchev–Trinajstić information content (AvgIpc) is 3.18. The van der Waals surface area contributed by atoms with E-state index in [1.807, 2.05) is 12.1 Å². The maximum Gasteiger partial charge on any atom is 0.295 e. The summed E-state index contributed by atoms with van der Waals surface area (Å²) in [6.07, 6.45) is 2.90.